The molecule has 9 heteroatoms. The van der Waals surface area contributed by atoms with E-state index in [1.165, 1.54) is 17.2 Å². The molecule has 3 aromatic carbocycles. The first-order valence-electron chi connectivity index (χ1n) is 14.1. The van der Waals surface area contributed by atoms with Gasteiger partial charge < -0.3 is 14.4 Å². The van der Waals surface area contributed by atoms with E-state index in [1.807, 2.05) is 21.9 Å². The normalized spacial score (nSPS) is 13.8. The van der Waals surface area contributed by atoms with Gasteiger partial charge in [-0.1, -0.05) is 65.9 Å². The molecule has 1 amide bonds. The average molecular weight is 569 g/mol. The number of halogens is 1. The van der Waals surface area contributed by atoms with E-state index in [9.17, 15) is 9.18 Å². The van der Waals surface area contributed by atoms with Crippen molar-refractivity contribution in [2.24, 2.45) is 0 Å². The topological polar surface area (TPSA) is 67.2 Å². The molecule has 6 rings (SSSR count). The van der Waals surface area contributed by atoms with Gasteiger partial charge in [-0.15, -0.1) is 10.2 Å². The summed E-state index contributed by atoms with van der Waals surface area (Å²) < 4.78 is 16.3. The van der Waals surface area contributed by atoms with E-state index in [0.717, 1.165) is 40.7 Å². The second-order valence-electron chi connectivity index (χ2n) is 10.5. The Balaban J connectivity index is 1.04. The lowest BCUT2D eigenvalue weighted by atomic mass is 10.1. The van der Waals surface area contributed by atoms with Crippen LogP contribution in [0, 0.1) is 12.7 Å². The highest BCUT2D eigenvalue weighted by molar-refractivity contribution is 7.99. The lowest BCUT2D eigenvalue weighted by Crippen LogP contribution is -2.49. The number of rotatable bonds is 9. The molecule has 0 aliphatic carbocycles. The van der Waals surface area contributed by atoms with E-state index >= 15 is 0 Å². The Hall–Kier alpha value is -3.98. The molecule has 0 saturated carbocycles. The summed E-state index contributed by atoms with van der Waals surface area (Å²) in [7, 11) is 0. The summed E-state index contributed by atoms with van der Waals surface area (Å²) in [5.41, 5.74) is 5.77. The number of fused-ring (bicyclic) bond motifs is 3. The SMILES string of the molecule is Cc1ccc2c(c1)c1nnc(SCCCCC(=O)N3CCN(c4ccccc4F)CC3)nc1n2Cc1ccccc1. The van der Waals surface area contributed by atoms with Crippen molar-refractivity contribution in [2.45, 2.75) is 37.9 Å². The molecule has 7 nitrogen and oxygen atoms in total. The fraction of sp³-hybridized carbons (Fsp3) is 0.312. The molecule has 3 heterocycles. The summed E-state index contributed by atoms with van der Waals surface area (Å²) in [5.74, 6) is 0.777. The van der Waals surface area contributed by atoms with Crippen molar-refractivity contribution in [1.82, 2.24) is 24.6 Å². The number of anilines is 1. The zero-order valence-electron chi connectivity index (χ0n) is 23.2. The van der Waals surface area contributed by atoms with Gasteiger partial charge in [-0.3, -0.25) is 4.79 Å². The van der Waals surface area contributed by atoms with Crippen LogP contribution in [0.15, 0.2) is 78.0 Å². The van der Waals surface area contributed by atoms with Crippen LogP contribution in [0.25, 0.3) is 22.1 Å². The van der Waals surface area contributed by atoms with Crippen molar-refractivity contribution >= 4 is 45.4 Å². The number of carbonyl (C=O) groups excluding carboxylic acids is 1. The Morgan fingerprint density at radius 3 is 2.51 bits per heavy atom. The Kier molecular flexibility index (Phi) is 8.14. The molecular formula is C32H33FN6OS. The molecule has 41 heavy (non-hydrogen) atoms. The molecule has 0 unspecified atom stereocenters. The number of thioether (sulfide) groups is 1. The summed E-state index contributed by atoms with van der Waals surface area (Å²) in [6.45, 7) is 5.34. The van der Waals surface area contributed by atoms with Gasteiger partial charge >= 0.3 is 0 Å². The number of aryl methyl sites for hydroxylation is 1. The highest BCUT2D eigenvalue weighted by Crippen LogP contribution is 2.29. The third kappa shape index (κ3) is 6.05. The minimum absolute atomic E-state index is 0.170. The van der Waals surface area contributed by atoms with Crippen LogP contribution < -0.4 is 4.90 Å². The van der Waals surface area contributed by atoms with Crippen LogP contribution >= 0.6 is 11.8 Å². The number of nitrogens with zero attached hydrogens (tertiary/aromatic N) is 6. The largest absolute Gasteiger partial charge is 0.366 e. The van der Waals surface area contributed by atoms with Crippen LogP contribution in [0.2, 0.25) is 0 Å². The van der Waals surface area contributed by atoms with Crippen LogP contribution in [0.1, 0.15) is 30.4 Å². The van der Waals surface area contributed by atoms with Crippen molar-refractivity contribution in [1.29, 1.82) is 0 Å². The van der Waals surface area contributed by atoms with E-state index < -0.39 is 0 Å². The monoisotopic (exact) mass is 568 g/mol. The lowest BCUT2D eigenvalue weighted by molar-refractivity contribution is -0.131. The van der Waals surface area contributed by atoms with Gasteiger partial charge in [0.15, 0.2) is 5.65 Å². The summed E-state index contributed by atoms with van der Waals surface area (Å²) in [4.78, 5) is 21.6. The molecule has 0 bridgehead atoms. The molecule has 0 N–H and O–H groups in total. The number of para-hydroxylation sites is 1. The van der Waals surface area contributed by atoms with Crippen LogP contribution in [0.3, 0.4) is 0 Å². The lowest BCUT2D eigenvalue weighted by Gasteiger charge is -2.36. The quantitative estimate of drug-likeness (QED) is 0.158. The Bertz CT molecular complexity index is 1670. The second-order valence-corrected chi connectivity index (χ2v) is 11.5. The van der Waals surface area contributed by atoms with Crippen molar-refractivity contribution in [3.05, 3.63) is 89.7 Å². The van der Waals surface area contributed by atoms with Crippen LogP contribution in [0.4, 0.5) is 10.1 Å². The van der Waals surface area contributed by atoms with Gasteiger partial charge in [0.05, 0.1) is 11.2 Å². The fourth-order valence-electron chi connectivity index (χ4n) is 5.45. The Morgan fingerprint density at radius 1 is 0.927 bits per heavy atom. The molecule has 210 valence electrons. The number of hydrogen-bond donors (Lipinski definition) is 0. The van der Waals surface area contributed by atoms with Gasteiger partial charge in [0.25, 0.3) is 0 Å². The van der Waals surface area contributed by atoms with Gasteiger partial charge in [0.2, 0.25) is 11.1 Å². The van der Waals surface area contributed by atoms with E-state index in [4.69, 9.17) is 4.98 Å². The standard InChI is InChI=1S/C32H33FN6OS/c1-23-14-15-27-25(21-23)30-31(39(27)22-24-9-3-2-4-10-24)34-32(36-35-30)41-20-8-7-13-29(40)38-18-16-37(17-19-38)28-12-6-5-11-26(28)33/h2-6,9-12,14-15,21H,7-8,13,16-20,22H2,1H3. The number of piperazine rings is 1. The van der Waals surface area contributed by atoms with Gasteiger partial charge in [-0.05, 0) is 49.6 Å². The maximum atomic E-state index is 14.1. The fourth-order valence-corrected chi connectivity index (χ4v) is 6.23. The molecular weight excluding hydrogens is 535 g/mol. The first-order valence-corrected chi connectivity index (χ1v) is 15.1. The van der Waals surface area contributed by atoms with E-state index in [2.05, 4.69) is 64.2 Å². The molecule has 2 aromatic heterocycles. The van der Waals surface area contributed by atoms with Gasteiger partial charge in [0.1, 0.15) is 11.3 Å². The second kappa shape index (κ2) is 12.3. The predicted molar refractivity (Wildman–Crippen MR) is 163 cm³/mol. The first kappa shape index (κ1) is 27.2. The molecule has 1 aliphatic rings. The van der Waals surface area contributed by atoms with Gasteiger partial charge in [0, 0.05) is 50.3 Å². The number of carbonyl (C=O) groups is 1. The molecule has 0 spiro atoms. The molecule has 0 radical (unpaired) electrons. The number of aromatic nitrogens is 4. The number of amides is 1. The van der Waals surface area contributed by atoms with Crippen molar-refractivity contribution < 1.29 is 9.18 Å². The van der Waals surface area contributed by atoms with E-state index in [1.54, 1.807) is 23.9 Å². The highest BCUT2D eigenvalue weighted by atomic mass is 32.2. The zero-order chi connectivity index (χ0) is 28.2. The molecule has 0 atom stereocenters. The smallest absolute Gasteiger partial charge is 0.222 e. The Labute approximate surface area is 243 Å². The number of benzene rings is 3. The first-order chi connectivity index (χ1) is 20.1. The summed E-state index contributed by atoms with van der Waals surface area (Å²) in [5, 5.41) is 10.8. The van der Waals surface area contributed by atoms with E-state index in [0.29, 0.717) is 50.0 Å². The summed E-state index contributed by atoms with van der Waals surface area (Å²) in [6, 6.07) is 23.6. The molecule has 1 aliphatic heterocycles. The predicted octanol–water partition coefficient (Wildman–Crippen LogP) is 6.09. The van der Waals surface area contributed by atoms with Gasteiger partial charge in [-0.2, -0.15) is 0 Å². The average Bonchev–Trinajstić information content (AvgIpc) is 3.29. The Morgan fingerprint density at radius 2 is 1.71 bits per heavy atom. The number of unbranched alkanes of at least 4 members (excludes halogenated alkanes) is 1. The van der Waals surface area contributed by atoms with E-state index in [-0.39, 0.29) is 11.7 Å². The zero-order valence-corrected chi connectivity index (χ0v) is 24.0. The molecule has 1 fully saturated rings. The maximum absolute atomic E-state index is 14.1. The minimum atomic E-state index is -0.212. The minimum Gasteiger partial charge on any atom is -0.366 e. The summed E-state index contributed by atoms with van der Waals surface area (Å²) in [6.07, 6.45) is 2.21. The van der Waals surface area contributed by atoms with Gasteiger partial charge in [-0.25, -0.2) is 9.37 Å². The van der Waals surface area contributed by atoms with Crippen LogP contribution in [0.5, 0.6) is 0 Å². The summed E-state index contributed by atoms with van der Waals surface area (Å²) >= 11 is 1.58. The third-order valence-corrected chi connectivity index (χ3v) is 8.55. The number of hydrogen-bond acceptors (Lipinski definition) is 6. The third-order valence-electron chi connectivity index (χ3n) is 7.63. The maximum Gasteiger partial charge on any atom is 0.222 e. The molecule has 1 saturated heterocycles. The highest BCUT2D eigenvalue weighted by Gasteiger charge is 2.22. The van der Waals surface area contributed by atoms with Crippen LogP contribution in [-0.2, 0) is 11.3 Å². The van der Waals surface area contributed by atoms with Crippen molar-refractivity contribution in [2.75, 3.05) is 36.8 Å². The van der Waals surface area contributed by atoms with Crippen molar-refractivity contribution in [3.63, 3.8) is 0 Å². The van der Waals surface area contributed by atoms with Crippen LogP contribution in [-0.4, -0.2) is 62.5 Å². The molecule has 5 aromatic rings. The van der Waals surface area contributed by atoms with Crippen molar-refractivity contribution in [3.8, 4) is 0 Å².